The van der Waals surface area contributed by atoms with Gasteiger partial charge in [-0.15, -0.1) is 0 Å². The third-order valence-electron chi connectivity index (χ3n) is 2.22. The highest BCUT2D eigenvalue weighted by molar-refractivity contribution is 5.94. The van der Waals surface area contributed by atoms with E-state index in [9.17, 15) is 9.59 Å². The number of ether oxygens (including phenoxy) is 1. The summed E-state index contributed by atoms with van der Waals surface area (Å²) in [6.07, 6.45) is 1.25. The van der Waals surface area contributed by atoms with Crippen molar-refractivity contribution in [2.24, 2.45) is 0 Å². The molecule has 0 aliphatic rings. The fourth-order valence-electron chi connectivity index (χ4n) is 1.20. The summed E-state index contributed by atoms with van der Waals surface area (Å²) in [5, 5.41) is 0. The molecule has 1 aromatic rings. The van der Waals surface area contributed by atoms with Crippen LogP contribution < -0.4 is 10.9 Å². The summed E-state index contributed by atoms with van der Waals surface area (Å²) in [7, 11) is 1.29. The molecule has 0 spiro atoms. The second kappa shape index (κ2) is 6.44. The molecule has 18 heavy (non-hydrogen) atoms. The number of hydrogen-bond donors (Lipinski definition) is 2. The molecule has 5 nitrogen and oxygen atoms in total. The summed E-state index contributed by atoms with van der Waals surface area (Å²) in [6.45, 7) is 3.59. The molecule has 0 fully saturated rings. The Kier molecular flexibility index (Phi) is 4.92. The number of carbonyl (C=O) groups excluding carboxylic acids is 2. The zero-order valence-corrected chi connectivity index (χ0v) is 10.6. The van der Waals surface area contributed by atoms with Crippen LogP contribution in [0.15, 0.2) is 36.0 Å². The van der Waals surface area contributed by atoms with E-state index >= 15 is 0 Å². The SMILES string of the molecule is COC(=O)/C=C(/C)NNC(=O)c1ccc(C)cc1. The lowest BCUT2D eigenvalue weighted by Crippen LogP contribution is -2.36. The van der Waals surface area contributed by atoms with Gasteiger partial charge < -0.3 is 10.2 Å². The highest BCUT2D eigenvalue weighted by atomic mass is 16.5. The molecule has 0 atom stereocenters. The first kappa shape index (κ1) is 13.8. The predicted octanol–water partition coefficient (Wildman–Crippen LogP) is 1.31. The van der Waals surface area contributed by atoms with Crippen molar-refractivity contribution in [2.45, 2.75) is 13.8 Å². The van der Waals surface area contributed by atoms with Crippen molar-refractivity contribution < 1.29 is 14.3 Å². The fraction of sp³-hybridized carbons (Fsp3) is 0.231. The summed E-state index contributed by atoms with van der Waals surface area (Å²) in [5.41, 5.74) is 7.22. The number of hydrogen-bond acceptors (Lipinski definition) is 4. The molecule has 0 aliphatic heterocycles. The van der Waals surface area contributed by atoms with E-state index in [2.05, 4.69) is 15.6 Å². The van der Waals surface area contributed by atoms with E-state index in [1.807, 2.05) is 19.1 Å². The first-order valence-electron chi connectivity index (χ1n) is 5.42. The molecule has 1 aromatic carbocycles. The van der Waals surface area contributed by atoms with E-state index in [0.29, 0.717) is 11.3 Å². The van der Waals surface area contributed by atoms with Gasteiger partial charge in [-0.3, -0.25) is 10.2 Å². The molecule has 0 unspecified atom stereocenters. The highest BCUT2D eigenvalue weighted by Gasteiger charge is 2.04. The number of benzene rings is 1. The third kappa shape index (κ3) is 4.29. The van der Waals surface area contributed by atoms with Crippen molar-refractivity contribution in [3.05, 3.63) is 47.2 Å². The Labute approximate surface area is 106 Å². The van der Waals surface area contributed by atoms with Gasteiger partial charge in [-0.2, -0.15) is 0 Å². The van der Waals surface area contributed by atoms with Crippen LogP contribution in [0.1, 0.15) is 22.8 Å². The van der Waals surface area contributed by atoms with E-state index in [1.165, 1.54) is 13.2 Å². The Morgan fingerprint density at radius 2 is 1.78 bits per heavy atom. The summed E-state index contributed by atoms with van der Waals surface area (Å²) in [4.78, 5) is 22.6. The van der Waals surface area contributed by atoms with E-state index in [4.69, 9.17) is 0 Å². The van der Waals surface area contributed by atoms with Gasteiger partial charge in [0.2, 0.25) is 0 Å². The van der Waals surface area contributed by atoms with Gasteiger partial charge >= 0.3 is 5.97 Å². The Balaban J connectivity index is 2.54. The molecule has 1 amide bonds. The molecular formula is C13H16N2O3. The normalized spacial score (nSPS) is 10.7. The molecule has 2 N–H and O–H groups in total. The number of aryl methyl sites for hydroxylation is 1. The largest absolute Gasteiger partial charge is 0.466 e. The van der Waals surface area contributed by atoms with Gasteiger partial charge in [-0.05, 0) is 26.0 Å². The van der Waals surface area contributed by atoms with Gasteiger partial charge in [0.25, 0.3) is 5.91 Å². The molecular weight excluding hydrogens is 232 g/mol. The van der Waals surface area contributed by atoms with Crippen LogP contribution in [-0.4, -0.2) is 19.0 Å². The summed E-state index contributed by atoms with van der Waals surface area (Å²) >= 11 is 0. The zero-order chi connectivity index (χ0) is 13.5. The molecule has 0 saturated heterocycles. The van der Waals surface area contributed by atoms with Crippen molar-refractivity contribution in [3.63, 3.8) is 0 Å². The molecule has 0 aromatic heterocycles. The number of hydrazine groups is 1. The predicted molar refractivity (Wildman–Crippen MR) is 67.6 cm³/mol. The molecule has 0 saturated carbocycles. The molecule has 0 radical (unpaired) electrons. The molecule has 0 heterocycles. The van der Waals surface area contributed by atoms with Crippen LogP contribution in [0.3, 0.4) is 0 Å². The van der Waals surface area contributed by atoms with Crippen molar-refractivity contribution in [1.29, 1.82) is 0 Å². The maximum atomic E-state index is 11.7. The van der Waals surface area contributed by atoms with Crippen LogP contribution in [0.25, 0.3) is 0 Å². The third-order valence-corrected chi connectivity index (χ3v) is 2.22. The van der Waals surface area contributed by atoms with Crippen molar-refractivity contribution in [1.82, 2.24) is 10.9 Å². The minimum atomic E-state index is -0.482. The van der Waals surface area contributed by atoms with E-state index < -0.39 is 5.97 Å². The lowest BCUT2D eigenvalue weighted by atomic mass is 10.1. The quantitative estimate of drug-likeness (QED) is 0.479. The average Bonchev–Trinajstić information content (AvgIpc) is 2.36. The van der Waals surface area contributed by atoms with Crippen LogP contribution in [0, 0.1) is 6.92 Å². The molecule has 0 bridgehead atoms. The van der Waals surface area contributed by atoms with Gasteiger partial charge in [0.1, 0.15) is 0 Å². The molecule has 0 aliphatic carbocycles. The Morgan fingerprint density at radius 1 is 1.17 bits per heavy atom. The molecule has 96 valence electrons. The van der Waals surface area contributed by atoms with E-state index in [0.717, 1.165) is 5.56 Å². The second-order valence-electron chi connectivity index (χ2n) is 3.80. The van der Waals surface area contributed by atoms with Gasteiger partial charge in [-0.1, -0.05) is 17.7 Å². The monoisotopic (exact) mass is 248 g/mol. The Hall–Kier alpha value is -2.30. The van der Waals surface area contributed by atoms with Crippen LogP contribution in [0.4, 0.5) is 0 Å². The molecule has 5 heteroatoms. The first-order chi connectivity index (χ1) is 8.52. The summed E-state index contributed by atoms with van der Waals surface area (Å²) < 4.78 is 4.46. The Morgan fingerprint density at radius 3 is 2.33 bits per heavy atom. The first-order valence-corrected chi connectivity index (χ1v) is 5.42. The number of amides is 1. The minimum Gasteiger partial charge on any atom is -0.466 e. The number of nitrogens with one attached hydrogen (secondary N) is 2. The summed E-state index contributed by atoms with van der Waals surface area (Å²) in [5.74, 6) is -0.753. The van der Waals surface area contributed by atoms with Gasteiger partial charge in [0, 0.05) is 17.3 Å². The van der Waals surface area contributed by atoms with Gasteiger partial charge in [0.15, 0.2) is 0 Å². The fourth-order valence-corrected chi connectivity index (χ4v) is 1.20. The molecule has 1 rings (SSSR count). The van der Waals surface area contributed by atoms with E-state index in [1.54, 1.807) is 19.1 Å². The average molecular weight is 248 g/mol. The Bertz CT molecular complexity index is 464. The zero-order valence-electron chi connectivity index (χ0n) is 10.6. The van der Waals surface area contributed by atoms with Crippen LogP contribution in [-0.2, 0) is 9.53 Å². The number of methoxy groups -OCH3 is 1. The second-order valence-corrected chi connectivity index (χ2v) is 3.80. The van der Waals surface area contributed by atoms with E-state index in [-0.39, 0.29) is 5.91 Å². The maximum absolute atomic E-state index is 11.7. The number of esters is 1. The lowest BCUT2D eigenvalue weighted by Gasteiger charge is -2.08. The number of allylic oxidation sites excluding steroid dienone is 1. The maximum Gasteiger partial charge on any atom is 0.332 e. The van der Waals surface area contributed by atoms with Gasteiger partial charge in [-0.25, -0.2) is 4.79 Å². The van der Waals surface area contributed by atoms with Crippen LogP contribution >= 0.6 is 0 Å². The smallest absolute Gasteiger partial charge is 0.332 e. The van der Waals surface area contributed by atoms with Crippen molar-refractivity contribution in [2.75, 3.05) is 7.11 Å². The van der Waals surface area contributed by atoms with Crippen molar-refractivity contribution in [3.8, 4) is 0 Å². The minimum absolute atomic E-state index is 0.271. The lowest BCUT2D eigenvalue weighted by molar-refractivity contribution is -0.134. The summed E-state index contributed by atoms with van der Waals surface area (Å²) in [6, 6.07) is 7.16. The number of rotatable bonds is 4. The van der Waals surface area contributed by atoms with Crippen LogP contribution in [0.5, 0.6) is 0 Å². The van der Waals surface area contributed by atoms with Gasteiger partial charge in [0.05, 0.1) is 7.11 Å². The topological polar surface area (TPSA) is 67.4 Å². The van der Waals surface area contributed by atoms with Crippen LogP contribution in [0.2, 0.25) is 0 Å². The number of carbonyl (C=O) groups is 2. The van der Waals surface area contributed by atoms with Crippen molar-refractivity contribution >= 4 is 11.9 Å². The highest BCUT2D eigenvalue weighted by Crippen LogP contribution is 2.02. The standard InChI is InChI=1S/C13H16N2O3/c1-9-4-6-11(7-5-9)13(17)15-14-10(2)8-12(16)18-3/h4-8,14H,1-3H3,(H,15,17)/b10-8-.